The summed E-state index contributed by atoms with van der Waals surface area (Å²) in [5.41, 5.74) is 2.35. The Morgan fingerprint density at radius 3 is 2.34 bits per heavy atom. The lowest BCUT2D eigenvalue weighted by molar-refractivity contribution is 0.101. The summed E-state index contributed by atoms with van der Waals surface area (Å²) in [6.45, 7) is 5.68. The second-order valence-electron chi connectivity index (χ2n) is 8.21. The average Bonchev–Trinajstić information content (AvgIpc) is 2.80. The van der Waals surface area contributed by atoms with Gasteiger partial charge in [0.25, 0.3) is 10.0 Å². The highest BCUT2D eigenvalue weighted by Crippen LogP contribution is 2.25. The Balaban J connectivity index is 1.46. The van der Waals surface area contributed by atoms with E-state index in [1.165, 1.54) is 31.9 Å². The van der Waals surface area contributed by atoms with Crippen LogP contribution in [0.1, 0.15) is 37.0 Å². The highest BCUT2D eigenvalue weighted by Gasteiger charge is 2.18. The van der Waals surface area contributed by atoms with Gasteiger partial charge in [0.2, 0.25) is 0 Å². The molecule has 1 saturated heterocycles. The van der Waals surface area contributed by atoms with E-state index in [1.54, 1.807) is 36.4 Å². The van der Waals surface area contributed by atoms with Crippen molar-refractivity contribution in [2.24, 2.45) is 5.92 Å². The molecule has 0 radical (unpaired) electrons. The van der Waals surface area contributed by atoms with Crippen molar-refractivity contribution in [3.8, 4) is 11.3 Å². The fourth-order valence-corrected chi connectivity index (χ4v) is 4.79. The third-order valence-electron chi connectivity index (χ3n) is 5.74. The van der Waals surface area contributed by atoms with Crippen molar-refractivity contribution in [2.75, 3.05) is 22.7 Å². The Hall–Kier alpha value is -3.26. The van der Waals surface area contributed by atoms with E-state index in [0.29, 0.717) is 11.3 Å². The predicted molar refractivity (Wildman–Crippen MR) is 125 cm³/mol. The number of benzene rings is 2. The van der Waals surface area contributed by atoms with Crippen molar-refractivity contribution in [3.63, 3.8) is 0 Å². The van der Waals surface area contributed by atoms with E-state index in [2.05, 4.69) is 26.7 Å². The number of anilines is 2. The van der Waals surface area contributed by atoms with E-state index in [9.17, 15) is 13.2 Å². The van der Waals surface area contributed by atoms with Gasteiger partial charge in [-0.25, -0.2) is 8.42 Å². The predicted octanol–water partition coefficient (Wildman–Crippen LogP) is 4.38. The smallest absolute Gasteiger partial charge is 0.261 e. The van der Waals surface area contributed by atoms with E-state index in [4.69, 9.17) is 0 Å². The van der Waals surface area contributed by atoms with Crippen LogP contribution in [0, 0.1) is 5.92 Å². The lowest BCUT2D eigenvalue weighted by Crippen LogP contribution is -2.33. The highest BCUT2D eigenvalue weighted by molar-refractivity contribution is 7.92. The van der Waals surface area contributed by atoms with Crippen LogP contribution in [-0.4, -0.2) is 37.5 Å². The Bertz CT molecular complexity index is 1200. The summed E-state index contributed by atoms with van der Waals surface area (Å²) in [5, 5.41) is 8.74. The van der Waals surface area contributed by atoms with E-state index in [0.717, 1.165) is 36.1 Å². The van der Waals surface area contributed by atoms with Crippen molar-refractivity contribution in [3.05, 3.63) is 66.2 Å². The van der Waals surface area contributed by atoms with Gasteiger partial charge in [-0.3, -0.25) is 9.52 Å². The first-order chi connectivity index (χ1) is 15.3. The van der Waals surface area contributed by atoms with Crippen LogP contribution in [0.4, 0.5) is 11.5 Å². The maximum Gasteiger partial charge on any atom is 0.261 e. The molecule has 0 unspecified atom stereocenters. The first-order valence-corrected chi connectivity index (χ1v) is 12.1. The highest BCUT2D eigenvalue weighted by atomic mass is 32.2. The van der Waals surface area contributed by atoms with Crippen molar-refractivity contribution in [1.29, 1.82) is 0 Å². The Kier molecular flexibility index (Phi) is 6.23. The molecule has 0 atom stereocenters. The minimum atomic E-state index is -3.80. The minimum absolute atomic E-state index is 0.0443. The lowest BCUT2D eigenvalue weighted by Gasteiger charge is -2.30. The number of piperidine rings is 1. The molecule has 1 fully saturated rings. The fraction of sp³-hybridized carbons (Fsp3) is 0.292. The summed E-state index contributed by atoms with van der Waals surface area (Å²) in [6.07, 6.45) is 2.33. The van der Waals surface area contributed by atoms with Gasteiger partial charge in [0.1, 0.15) is 0 Å². The Labute approximate surface area is 188 Å². The van der Waals surface area contributed by atoms with Crippen LogP contribution in [0.2, 0.25) is 0 Å². The molecule has 2 heterocycles. The largest absolute Gasteiger partial charge is 0.355 e. The molecule has 1 N–H and O–H groups in total. The minimum Gasteiger partial charge on any atom is -0.355 e. The third kappa shape index (κ3) is 4.96. The van der Waals surface area contributed by atoms with Crippen LogP contribution in [0.15, 0.2) is 65.6 Å². The molecule has 1 aliphatic heterocycles. The van der Waals surface area contributed by atoms with Gasteiger partial charge in [0, 0.05) is 29.9 Å². The summed E-state index contributed by atoms with van der Waals surface area (Å²) in [6, 6.07) is 16.9. The number of Topliss-reactive ketones (excluding diaryl/α,β-unsaturated/α-hetero) is 1. The summed E-state index contributed by atoms with van der Waals surface area (Å²) in [7, 11) is -3.80. The average molecular weight is 451 g/mol. The van der Waals surface area contributed by atoms with Crippen LogP contribution < -0.4 is 9.62 Å². The molecule has 0 bridgehead atoms. The van der Waals surface area contributed by atoms with Crippen LogP contribution in [0.25, 0.3) is 11.3 Å². The van der Waals surface area contributed by atoms with Gasteiger partial charge in [0.15, 0.2) is 11.6 Å². The van der Waals surface area contributed by atoms with Gasteiger partial charge in [-0.05, 0) is 62.1 Å². The monoisotopic (exact) mass is 450 g/mol. The number of carbonyl (C=O) groups excluding carboxylic acids is 1. The molecule has 1 aliphatic rings. The zero-order valence-electron chi connectivity index (χ0n) is 18.2. The first-order valence-electron chi connectivity index (χ1n) is 10.6. The zero-order chi connectivity index (χ0) is 22.7. The molecule has 4 rings (SSSR count). The first kappa shape index (κ1) is 22.0. The van der Waals surface area contributed by atoms with Crippen molar-refractivity contribution in [1.82, 2.24) is 10.2 Å². The number of ketones is 1. The van der Waals surface area contributed by atoms with Crippen LogP contribution in [-0.2, 0) is 10.0 Å². The van der Waals surface area contributed by atoms with Crippen LogP contribution in [0.5, 0.6) is 0 Å². The Morgan fingerprint density at radius 1 is 1.00 bits per heavy atom. The SMILES string of the molecule is CC(=O)c1cccc(S(=O)(=O)Nc2ccc(-c3ccc(N4CCC(C)CC4)nn3)cc2)c1. The van der Waals surface area contributed by atoms with Crippen molar-refractivity contribution in [2.45, 2.75) is 31.6 Å². The second kappa shape index (κ2) is 9.08. The van der Waals surface area contributed by atoms with Gasteiger partial charge >= 0.3 is 0 Å². The third-order valence-corrected chi connectivity index (χ3v) is 7.12. The molecule has 8 heteroatoms. The van der Waals surface area contributed by atoms with Gasteiger partial charge in [-0.1, -0.05) is 31.2 Å². The number of hydrogen-bond acceptors (Lipinski definition) is 6. The number of rotatable bonds is 6. The molecule has 7 nitrogen and oxygen atoms in total. The van der Waals surface area contributed by atoms with Crippen LogP contribution >= 0.6 is 0 Å². The summed E-state index contributed by atoms with van der Waals surface area (Å²) >= 11 is 0. The van der Waals surface area contributed by atoms with Gasteiger partial charge in [0.05, 0.1) is 10.6 Å². The van der Waals surface area contributed by atoms with Gasteiger partial charge < -0.3 is 4.90 Å². The van der Waals surface area contributed by atoms with E-state index >= 15 is 0 Å². The van der Waals surface area contributed by atoms with E-state index in [1.807, 2.05) is 12.1 Å². The van der Waals surface area contributed by atoms with Crippen LogP contribution in [0.3, 0.4) is 0 Å². The van der Waals surface area contributed by atoms with E-state index in [-0.39, 0.29) is 10.7 Å². The molecule has 0 spiro atoms. The normalized spacial score (nSPS) is 14.9. The molecule has 0 aliphatic carbocycles. The van der Waals surface area contributed by atoms with E-state index < -0.39 is 10.0 Å². The van der Waals surface area contributed by atoms with Gasteiger partial charge in [-0.15, -0.1) is 10.2 Å². The summed E-state index contributed by atoms with van der Waals surface area (Å²) < 4.78 is 27.9. The number of aromatic nitrogens is 2. The second-order valence-corrected chi connectivity index (χ2v) is 9.90. The van der Waals surface area contributed by atoms with Crippen molar-refractivity contribution < 1.29 is 13.2 Å². The topological polar surface area (TPSA) is 92.3 Å². The maximum atomic E-state index is 12.7. The fourth-order valence-electron chi connectivity index (χ4n) is 3.69. The number of nitrogens with zero attached hydrogens (tertiary/aromatic N) is 3. The number of nitrogens with one attached hydrogen (secondary N) is 1. The molecular formula is C24H26N4O3S. The maximum absolute atomic E-state index is 12.7. The number of carbonyl (C=O) groups is 1. The van der Waals surface area contributed by atoms with Crippen molar-refractivity contribution >= 4 is 27.3 Å². The molecule has 166 valence electrons. The molecule has 0 saturated carbocycles. The molecule has 0 amide bonds. The zero-order valence-corrected chi connectivity index (χ0v) is 19.0. The number of hydrogen-bond donors (Lipinski definition) is 1. The standard InChI is InChI=1S/C24H26N4O3S/c1-17-12-14-28(15-13-17)24-11-10-23(25-26-24)19-6-8-21(9-7-19)27-32(30,31)22-5-3-4-20(16-22)18(2)29/h3-11,16-17,27H,12-15H2,1-2H3. The summed E-state index contributed by atoms with van der Waals surface area (Å²) in [4.78, 5) is 13.9. The molecule has 2 aromatic carbocycles. The summed E-state index contributed by atoms with van der Waals surface area (Å²) in [5.74, 6) is 1.46. The molecular weight excluding hydrogens is 424 g/mol. The molecule has 3 aromatic rings. The number of sulfonamides is 1. The quantitative estimate of drug-likeness (QED) is 0.560. The Morgan fingerprint density at radius 2 is 1.72 bits per heavy atom. The molecule has 1 aromatic heterocycles. The molecule has 32 heavy (non-hydrogen) atoms. The lowest BCUT2D eigenvalue weighted by atomic mass is 9.99. The van der Waals surface area contributed by atoms with Gasteiger partial charge in [-0.2, -0.15) is 0 Å².